The molecule has 0 aliphatic carbocycles. The fourth-order valence-electron chi connectivity index (χ4n) is 2.20. The van der Waals surface area contributed by atoms with E-state index in [0.29, 0.717) is 19.0 Å². The second-order valence-corrected chi connectivity index (χ2v) is 5.28. The van der Waals surface area contributed by atoms with Crippen LogP contribution in [0.25, 0.3) is 0 Å². The van der Waals surface area contributed by atoms with Gasteiger partial charge in [-0.2, -0.15) is 0 Å². The van der Waals surface area contributed by atoms with Crippen LogP contribution in [0.2, 0.25) is 0 Å². The molecule has 0 saturated heterocycles. The monoisotopic (exact) mass is 313 g/mol. The van der Waals surface area contributed by atoms with Gasteiger partial charge in [0.1, 0.15) is 6.61 Å². The number of benzene rings is 2. The lowest BCUT2D eigenvalue weighted by molar-refractivity contribution is 0.131. The number of nitrogens with zero attached hydrogens (tertiary/aromatic N) is 1. The lowest BCUT2D eigenvalue weighted by Gasteiger charge is -2.09. The SMILES string of the molecule is CCOc1ccc(C=NOCc2cc(C)ccc2C)cc1OC. The predicted molar refractivity (Wildman–Crippen MR) is 92.5 cm³/mol. The van der Waals surface area contributed by atoms with E-state index < -0.39 is 0 Å². The lowest BCUT2D eigenvalue weighted by Crippen LogP contribution is -1.96. The van der Waals surface area contributed by atoms with Crippen molar-refractivity contribution in [1.82, 2.24) is 0 Å². The molecule has 0 amide bonds. The van der Waals surface area contributed by atoms with E-state index in [0.717, 1.165) is 16.9 Å². The van der Waals surface area contributed by atoms with E-state index in [9.17, 15) is 0 Å². The van der Waals surface area contributed by atoms with Crippen molar-refractivity contribution >= 4 is 6.21 Å². The Balaban J connectivity index is 1.99. The summed E-state index contributed by atoms with van der Waals surface area (Å²) < 4.78 is 10.8. The minimum Gasteiger partial charge on any atom is -0.493 e. The van der Waals surface area contributed by atoms with Crippen LogP contribution in [0.4, 0.5) is 0 Å². The molecular weight excluding hydrogens is 290 g/mol. The van der Waals surface area contributed by atoms with E-state index in [1.165, 1.54) is 11.1 Å². The van der Waals surface area contributed by atoms with Gasteiger partial charge < -0.3 is 14.3 Å². The van der Waals surface area contributed by atoms with Gasteiger partial charge in [0.05, 0.1) is 19.9 Å². The molecular formula is C19H23NO3. The molecule has 4 heteroatoms. The highest BCUT2D eigenvalue weighted by Gasteiger charge is 2.04. The van der Waals surface area contributed by atoms with E-state index >= 15 is 0 Å². The standard InChI is InChI=1S/C19H23NO3/c1-5-22-18-9-8-16(11-19(18)21-4)12-20-23-13-17-10-14(2)6-7-15(17)3/h6-12H,5,13H2,1-4H3. The highest BCUT2D eigenvalue weighted by Crippen LogP contribution is 2.27. The highest BCUT2D eigenvalue weighted by atomic mass is 16.6. The fourth-order valence-corrected chi connectivity index (χ4v) is 2.20. The largest absolute Gasteiger partial charge is 0.493 e. The maximum Gasteiger partial charge on any atom is 0.161 e. The normalized spacial score (nSPS) is 10.8. The average molecular weight is 313 g/mol. The van der Waals surface area contributed by atoms with Crippen LogP contribution < -0.4 is 9.47 Å². The third-order valence-electron chi connectivity index (χ3n) is 3.49. The van der Waals surface area contributed by atoms with Crippen LogP contribution in [0, 0.1) is 13.8 Å². The van der Waals surface area contributed by atoms with Crippen LogP contribution in [-0.2, 0) is 11.4 Å². The molecule has 2 aromatic carbocycles. The number of ether oxygens (including phenoxy) is 2. The molecule has 0 aromatic heterocycles. The Morgan fingerprint density at radius 3 is 2.61 bits per heavy atom. The summed E-state index contributed by atoms with van der Waals surface area (Å²) in [6.07, 6.45) is 1.67. The van der Waals surface area contributed by atoms with Crippen molar-refractivity contribution in [1.29, 1.82) is 0 Å². The van der Waals surface area contributed by atoms with Gasteiger partial charge in [-0.3, -0.25) is 0 Å². The summed E-state index contributed by atoms with van der Waals surface area (Å²) in [7, 11) is 1.62. The smallest absolute Gasteiger partial charge is 0.161 e. The number of rotatable bonds is 7. The summed E-state index contributed by atoms with van der Waals surface area (Å²) in [6.45, 7) is 7.13. The van der Waals surface area contributed by atoms with Crippen molar-refractivity contribution in [2.75, 3.05) is 13.7 Å². The summed E-state index contributed by atoms with van der Waals surface area (Å²) in [5.74, 6) is 1.41. The summed E-state index contributed by atoms with van der Waals surface area (Å²) >= 11 is 0. The molecule has 2 rings (SSSR count). The molecule has 0 heterocycles. The molecule has 0 N–H and O–H groups in total. The maximum atomic E-state index is 5.49. The van der Waals surface area contributed by atoms with Crippen molar-refractivity contribution in [2.45, 2.75) is 27.4 Å². The van der Waals surface area contributed by atoms with Crippen LogP contribution in [0.15, 0.2) is 41.6 Å². The van der Waals surface area contributed by atoms with E-state index in [-0.39, 0.29) is 0 Å². The number of oxime groups is 1. The van der Waals surface area contributed by atoms with Gasteiger partial charge >= 0.3 is 0 Å². The minimum atomic E-state index is 0.457. The van der Waals surface area contributed by atoms with Gasteiger partial charge in [-0.15, -0.1) is 0 Å². The topological polar surface area (TPSA) is 40.0 Å². The first-order valence-corrected chi connectivity index (χ1v) is 7.66. The summed E-state index contributed by atoms with van der Waals surface area (Å²) in [5.41, 5.74) is 4.46. The van der Waals surface area contributed by atoms with Crippen molar-refractivity contribution < 1.29 is 14.3 Å². The summed E-state index contributed by atoms with van der Waals surface area (Å²) in [5, 5.41) is 4.04. The van der Waals surface area contributed by atoms with Gasteiger partial charge in [0, 0.05) is 5.56 Å². The molecule has 23 heavy (non-hydrogen) atoms. The van der Waals surface area contributed by atoms with E-state index in [1.807, 2.05) is 25.1 Å². The molecule has 0 aliphatic rings. The molecule has 0 bridgehead atoms. The van der Waals surface area contributed by atoms with Gasteiger partial charge in [-0.25, -0.2) is 0 Å². The summed E-state index contributed by atoms with van der Waals surface area (Å²) in [4.78, 5) is 5.41. The minimum absolute atomic E-state index is 0.457. The van der Waals surface area contributed by atoms with Crippen molar-refractivity contribution in [3.8, 4) is 11.5 Å². The van der Waals surface area contributed by atoms with Gasteiger partial charge in [-0.1, -0.05) is 28.9 Å². The second-order valence-electron chi connectivity index (χ2n) is 5.28. The van der Waals surface area contributed by atoms with E-state index in [4.69, 9.17) is 14.3 Å². The molecule has 4 nitrogen and oxygen atoms in total. The lowest BCUT2D eigenvalue weighted by atomic mass is 10.1. The number of aryl methyl sites for hydroxylation is 2. The van der Waals surface area contributed by atoms with Crippen LogP contribution in [0.3, 0.4) is 0 Å². The molecule has 122 valence electrons. The predicted octanol–water partition coefficient (Wildman–Crippen LogP) is 4.26. The Hall–Kier alpha value is -2.49. The highest BCUT2D eigenvalue weighted by molar-refractivity contribution is 5.80. The van der Waals surface area contributed by atoms with E-state index in [2.05, 4.69) is 37.2 Å². The van der Waals surface area contributed by atoms with Crippen LogP contribution in [0.5, 0.6) is 11.5 Å². The van der Waals surface area contributed by atoms with Gasteiger partial charge in [0.2, 0.25) is 0 Å². The zero-order chi connectivity index (χ0) is 16.7. The molecule has 2 aromatic rings. The molecule has 0 spiro atoms. The third kappa shape index (κ3) is 4.74. The Kier molecular flexibility index (Phi) is 6.03. The molecule has 0 aliphatic heterocycles. The molecule has 0 radical (unpaired) electrons. The average Bonchev–Trinajstić information content (AvgIpc) is 2.56. The fraction of sp³-hybridized carbons (Fsp3) is 0.316. The number of hydrogen-bond acceptors (Lipinski definition) is 4. The number of hydrogen-bond donors (Lipinski definition) is 0. The molecule has 0 atom stereocenters. The van der Waals surface area contributed by atoms with Crippen LogP contribution in [-0.4, -0.2) is 19.9 Å². The third-order valence-corrected chi connectivity index (χ3v) is 3.49. The second kappa shape index (κ2) is 8.22. The maximum absolute atomic E-state index is 5.49. The first-order chi connectivity index (χ1) is 11.1. The quantitative estimate of drug-likeness (QED) is 0.566. The molecule has 0 fully saturated rings. The van der Waals surface area contributed by atoms with Crippen LogP contribution in [0.1, 0.15) is 29.2 Å². The summed E-state index contributed by atoms with van der Waals surface area (Å²) in [6, 6.07) is 12.0. The van der Waals surface area contributed by atoms with Crippen molar-refractivity contribution in [3.63, 3.8) is 0 Å². The molecule has 0 unspecified atom stereocenters. The molecule has 0 saturated carbocycles. The van der Waals surface area contributed by atoms with Crippen molar-refractivity contribution in [2.24, 2.45) is 5.16 Å². The Labute approximate surface area is 137 Å². The first-order valence-electron chi connectivity index (χ1n) is 7.66. The Morgan fingerprint density at radius 2 is 1.87 bits per heavy atom. The van der Waals surface area contributed by atoms with E-state index in [1.54, 1.807) is 13.3 Å². The van der Waals surface area contributed by atoms with Gasteiger partial charge in [-0.05, 0) is 50.1 Å². The zero-order valence-electron chi connectivity index (χ0n) is 14.1. The first kappa shape index (κ1) is 16.9. The Morgan fingerprint density at radius 1 is 1.04 bits per heavy atom. The van der Waals surface area contributed by atoms with Gasteiger partial charge in [0.15, 0.2) is 11.5 Å². The van der Waals surface area contributed by atoms with Crippen LogP contribution >= 0.6 is 0 Å². The zero-order valence-corrected chi connectivity index (χ0v) is 14.1. The van der Waals surface area contributed by atoms with Gasteiger partial charge in [0.25, 0.3) is 0 Å². The van der Waals surface area contributed by atoms with Crippen molar-refractivity contribution in [3.05, 3.63) is 58.7 Å². The Bertz CT molecular complexity index is 680. The number of methoxy groups -OCH3 is 1.